The monoisotopic (exact) mass is 468 g/mol. The zero-order chi connectivity index (χ0) is 23.7. The molecule has 8 nitrogen and oxygen atoms in total. The van der Waals surface area contributed by atoms with Crippen LogP contribution in [-0.2, 0) is 17.9 Å². The Morgan fingerprint density at radius 2 is 1.88 bits per heavy atom. The molecule has 1 atom stereocenters. The topological polar surface area (TPSA) is 109 Å². The molecular formula is C24H25ClN4O4. The van der Waals surface area contributed by atoms with Crippen molar-refractivity contribution >= 4 is 23.3 Å². The lowest BCUT2D eigenvalue weighted by atomic mass is 10.1. The van der Waals surface area contributed by atoms with E-state index in [-0.39, 0.29) is 18.7 Å². The van der Waals surface area contributed by atoms with E-state index in [1.807, 2.05) is 43.3 Å². The second-order valence-electron chi connectivity index (χ2n) is 8.55. The second kappa shape index (κ2) is 9.23. The molecule has 0 saturated heterocycles. The third-order valence-electron chi connectivity index (χ3n) is 5.76. The van der Waals surface area contributed by atoms with E-state index >= 15 is 0 Å². The van der Waals surface area contributed by atoms with Gasteiger partial charge in [0, 0.05) is 11.6 Å². The average molecular weight is 469 g/mol. The standard InChI is InChI=1S/C24H25ClN4O4/c1-14-3-5-16(6-4-14)13-28-22(26-18-9-10-19(17-7-8-17)20(25)11-18)27-23(32)29(24(28)33)12-15(2)21(30)31/h3-6,9-11,15,17H,7-8,12-13H2,1-2H3,(H,30,31)(H,26,27,32)/t15-/m0/s1. The highest BCUT2D eigenvalue weighted by atomic mass is 35.5. The molecule has 4 rings (SSSR count). The molecule has 0 aliphatic heterocycles. The molecule has 0 bridgehead atoms. The zero-order valence-corrected chi connectivity index (χ0v) is 19.2. The molecule has 1 saturated carbocycles. The van der Waals surface area contributed by atoms with Crippen LogP contribution < -0.4 is 17.0 Å². The Morgan fingerprint density at radius 1 is 1.18 bits per heavy atom. The van der Waals surface area contributed by atoms with E-state index in [0.29, 0.717) is 16.6 Å². The van der Waals surface area contributed by atoms with Gasteiger partial charge in [-0.25, -0.2) is 19.1 Å². The minimum Gasteiger partial charge on any atom is -0.481 e. The zero-order valence-electron chi connectivity index (χ0n) is 18.4. The van der Waals surface area contributed by atoms with Crippen molar-refractivity contribution in [1.29, 1.82) is 0 Å². The highest BCUT2D eigenvalue weighted by molar-refractivity contribution is 6.31. The summed E-state index contributed by atoms with van der Waals surface area (Å²) in [6.07, 6.45) is 2.24. The molecule has 0 amide bonds. The summed E-state index contributed by atoms with van der Waals surface area (Å²) in [5, 5.41) is 9.84. The predicted molar refractivity (Wildman–Crippen MR) is 125 cm³/mol. The first-order valence-electron chi connectivity index (χ1n) is 10.8. The number of aliphatic carboxylic acids is 1. The second-order valence-corrected chi connectivity index (χ2v) is 8.96. The molecule has 1 aromatic heterocycles. The molecule has 0 radical (unpaired) electrons. The lowest BCUT2D eigenvalue weighted by Gasteiger charge is -2.13. The average Bonchev–Trinajstić information content (AvgIpc) is 3.60. The van der Waals surface area contributed by atoms with Gasteiger partial charge in [0.05, 0.1) is 18.2 Å². The summed E-state index contributed by atoms with van der Waals surface area (Å²) in [5.41, 5.74) is 2.22. The van der Waals surface area contributed by atoms with E-state index in [0.717, 1.165) is 34.1 Å². The van der Waals surface area contributed by atoms with Crippen molar-refractivity contribution in [2.45, 2.75) is 45.7 Å². The molecule has 2 aromatic carbocycles. The van der Waals surface area contributed by atoms with Crippen LogP contribution in [0.25, 0.3) is 0 Å². The van der Waals surface area contributed by atoms with Gasteiger partial charge in [0.2, 0.25) is 5.62 Å². The molecule has 1 heterocycles. The van der Waals surface area contributed by atoms with E-state index < -0.39 is 23.3 Å². The Hall–Kier alpha value is -3.39. The molecule has 2 N–H and O–H groups in total. The van der Waals surface area contributed by atoms with Crippen molar-refractivity contribution in [1.82, 2.24) is 14.1 Å². The number of hydrogen-bond acceptors (Lipinski definition) is 4. The van der Waals surface area contributed by atoms with E-state index in [1.54, 1.807) is 6.07 Å². The molecule has 1 aliphatic carbocycles. The number of nitrogens with zero attached hydrogens (tertiary/aromatic N) is 3. The Balaban J connectivity index is 1.84. The number of nitrogens with one attached hydrogen (secondary N) is 1. The first-order chi connectivity index (χ1) is 15.7. The van der Waals surface area contributed by atoms with Crippen LogP contribution in [0.15, 0.2) is 57.0 Å². The summed E-state index contributed by atoms with van der Waals surface area (Å²) in [5.74, 6) is -1.52. The van der Waals surface area contributed by atoms with Gasteiger partial charge in [-0.05, 0) is 48.9 Å². The van der Waals surface area contributed by atoms with Gasteiger partial charge in [-0.3, -0.25) is 14.3 Å². The number of H-pyrrole nitrogens is 1. The molecular weight excluding hydrogens is 444 g/mol. The fourth-order valence-electron chi connectivity index (χ4n) is 3.61. The number of hydrogen-bond donors (Lipinski definition) is 2. The van der Waals surface area contributed by atoms with E-state index in [1.165, 1.54) is 11.5 Å². The lowest BCUT2D eigenvalue weighted by Crippen LogP contribution is -2.51. The summed E-state index contributed by atoms with van der Waals surface area (Å²) in [6, 6.07) is 13.1. The van der Waals surface area contributed by atoms with Crippen LogP contribution in [0.1, 0.15) is 42.4 Å². The van der Waals surface area contributed by atoms with Gasteiger partial charge >= 0.3 is 17.3 Å². The SMILES string of the molecule is Cc1ccc(Cn2c(=O)n(C[C@H](C)C(=O)O)c(=O)[nH]/c2=N\c2ccc(C3CC3)c(Cl)c2)cc1. The first-order valence-corrected chi connectivity index (χ1v) is 11.2. The minimum atomic E-state index is -1.09. The summed E-state index contributed by atoms with van der Waals surface area (Å²) >= 11 is 6.43. The van der Waals surface area contributed by atoms with Crippen LogP contribution >= 0.6 is 11.6 Å². The summed E-state index contributed by atoms with van der Waals surface area (Å²) in [7, 11) is 0. The molecule has 33 heavy (non-hydrogen) atoms. The summed E-state index contributed by atoms with van der Waals surface area (Å²) in [6.45, 7) is 3.32. The van der Waals surface area contributed by atoms with Crippen LogP contribution in [0.3, 0.4) is 0 Å². The summed E-state index contributed by atoms with van der Waals surface area (Å²) in [4.78, 5) is 44.4. The lowest BCUT2D eigenvalue weighted by molar-refractivity contribution is -0.141. The number of carbonyl (C=O) groups is 1. The van der Waals surface area contributed by atoms with E-state index in [2.05, 4.69) is 9.98 Å². The number of halogens is 1. The highest BCUT2D eigenvalue weighted by Crippen LogP contribution is 2.43. The number of benzene rings is 2. The molecule has 0 spiro atoms. The number of carboxylic acids is 1. The van der Waals surface area contributed by atoms with Crippen LogP contribution in [0.4, 0.5) is 5.69 Å². The molecule has 3 aromatic rings. The number of aryl methyl sites for hydroxylation is 1. The Bertz CT molecular complexity index is 1380. The van der Waals surface area contributed by atoms with Crippen molar-refractivity contribution in [2.24, 2.45) is 10.9 Å². The van der Waals surface area contributed by atoms with E-state index in [9.17, 15) is 19.5 Å². The van der Waals surface area contributed by atoms with Crippen molar-refractivity contribution in [3.8, 4) is 0 Å². The number of carboxylic acid groups (broad SMARTS) is 1. The van der Waals surface area contributed by atoms with Crippen molar-refractivity contribution in [2.75, 3.05) is 0 Å². The maximum absolute atomic E-state index is 13.3. The fraction of sp³-hybridized carbons (Fsp3) is 0.333. The molecule has 9 heteroatoms. The minimum absolute atomic E-state index is 0.0695. The summed E-state index contributed by atoms with van der Waals surface area (Å²) < 4.78 is 2.23. The Kier molecular flexibility index (Phi) is 6.37. The first kappa shape index (κ1) is 22.8. The van der Waals surface area contributed by atoms with Gasteiger partial charge in [0.25, 0.3) is 0 Å². The third kappa shape index (κ3) is 5.17. The van der Waals surface area contributed by atoms with Gasteiger partial charge in [0.1, 0.15) is 0 Å². The van der Waals surface area contributed by atoms with Crippen molar-refractivity contribution < 1.29 is 9.90 Å². The van der Waals surface area contributed by atoms with Gasteiger partial charge in [0.15, 0.2) is 0 Å². The van der Waals surface area contributed by atoms with Gasteiger partial charge < -0.3 is 5.11 Å². The van der Waals surface area contributed by atoms with Gasteiger partial charge in [-0.1, -0.05) is 54.4 Å². The van der Waals surface area contributed by atoms with Crippen molar-refractivity contribution in [3.05, 3.63) is 90.8 Å². The van der Waals surface area contributed by atoms with Crippen LogP contribution in [0.2, 0.25) is 5.02 Å². The number of aromatic nitrogens is 3. The molecule has 172 valence electrons. The maximum Gasteiger partial charge on any atom is 0.335 e. The van der Waals surface area contributed by atoms with Crippen LogP contribution in [0.5, 0.6) is 0 Å². The number of aromatic amines is 1. The van der Waals surface area contributed by atoms with Gasteiger partial charge in [-0.15, -0.1) is 0 Å². The molecule has 0 unspecified atom stereocenters. The normalized spacial score (nSPS) is 14.9. The third-order valence-corrected chi connectivity index (χ3v) is 6.08. The largest absolute Gasteiger partial charge is 0.481 e. The fourth-order valence-corrected chi connectivity index (χ4v) is 3.94. The quantitative estimate of drug-likeness (QED) is 0.555. The van der Waals surface area contributed by atoms with E-state index in [4.69, 9.17) is 11.6 Å². The number of rotatable bonds is 7. The highest BCUT2D eigenvalue weighted by Gasteiger charge is 2.25. The smallest absolute Gasteiger partial charge is 0.335 e. The Labute approximate surface area is 194 Å². The predicted octanol–water partition coefficient (Wildman–Crippen LogP) is 3.18. The van der Waals surface area contributed by atoms with Gasteiger partial charge in [-0.2, -0.15) is 0 Å². The molecule has 1 fully saturated rings. The van der Waals surface area contributed by atoms with Crippen LogP contribution in [-0.4, -0.2) is 25.2 Å². The maximum atomic E-state index is 13.3. The van der Waals surface area contributed by atoms with Crippen LogP contribution in [0, 0.1) is 12.8 Å². The van der Waals surface area contributed by atoms with Crippen molar-refractivity contribution in [3.63, 3.8) is 0 Å². The molecule has 1 aliphatic rings. The Morgan fingerprint density at radius 3 is 2.48 bits per heavy atom.